The Balaban J connectivity index is 1.57. The number of primary amides is 1. The molecule has 2 aromatic carbocycles. The number of thiazole rings is 1. The Morgan fingerprint density at radius 1 is 1.07 bits per heavy atom. The Kier molecular flexibility index (Phi) is 6.92. The van der Waals surface area contributed by atoms with Crippen LogP contribution in [0, 0.1) is 0 Å². The molecule has 0 fully saturated rings. The van der Waals surface area contributed by atoms with Gasteiger partial charge in [-0.2, -0.15) is 0 Å². The Morgan fingerprint density at radius 2 is 1.77 bits per heavy atom. The zero-order valence-electron chi connectivity index (χ0n) is 16.5. The third-order valence-corrected chi connectivity index (χ3v) is 5.37. The van der Waals surface area contributed by atoms with Crippen molar-refractivity contribution < 1.29 is 14.4 Å². The van der Waals surface area contributed by atoms with Crippen LogP contribution >= 0.6 is 11.3 Å². The number of nitrogens with zero attached hydrogens (tertiary/aromatic N) is 2. The van der Waals surface area contributed by atoms with Crippen molar-refractivity contribution in [3.05, 3.63) is 71.2 Å². The number of nitrogens with one attached hydrogen (secondary N) is 1. The molecule has 1 heterocycles. The Bertz CT molecular complexity index is 1030. The third kappa shape index (κ3) is 5.30. The van der Waals surface area contributed by atoms with Crippen LogP contribution in [0.1, 0.15) is 34.2 Å². The van der Waals surface area contributed by atoms with Crippen LogP contribution in [0.15, 0.2) is 60.0 Å². The molecule has 1 aromatic heterocycles. The van der Waals surface area contributed by atoms with Crippen molar-refractivity contribution in [3.63, 3.8) is 0 Å². The van der Waals surface area contributed by atoms with Gasteiger partial charge in [-0.3, -0.25) is 14.4 Å². The van der Waals surface area contributed by atoms with E-state index in [1.165, 1.54) is 11.3 Å². The molecule has 0 spiro atoms. The molecule has 0 saturated carbocycles. The first-order valence-electron chi connectivity index (χ1n) is 9.48. The SMILES string of the molecule is CCN(CCC(=O)Nc1ccc(C(N)=O)cc1)C(=O)c1csc(-c2ccccc2)n1. The van der Waals surface area contributed by atoms with Crippen LogP contribution in [0.2, 0.25) is 0 Å². The zero-order chi connectivity index (χ0) is 21.5. The molecular weight excluding hydrogens is 400 g/mol. The maximum absolute atomic E-state index is 12.8. The topological polar surface area (TPSA) is 105 Å². The van der Waals surface area contributed by atoms with Gasteiger partial charge in [-0.05, 0) is 31.2 Å². The van der Waals surface area contributed by atoms with Crippen LogP contribution in [0.3, 0.4) is 0 Å². The molecule has 0 unspecified atom stereocenters. The van der Waals surface area contributed by atoms with E-state index in [1.54, 1.807) is 34.5 Å². The number of rotatable bonds is 8. The van der Waals surface area contributed by atoms with E-state index < -0.39 is 5.91 Å². The predicted molar refractivity (Wildman–Crippen MR) is 117 cm³/mol. The van der Waals surface area contributed by atoms with Crippen LogP contribution in [0.5, 0.6) is 0 Å². The lowest BCUT2D eigenvalue weighted by atomic mass is 10.2. The van der Waals surface area contributed by atoms with Crippen molar-refractivity contribution in [2.24, 2.45) is 5.73 Å². The summed E-state index contributed by atoms with van der Waals surface area (Å²) in [4.78, 5) is 42.2. The lowest BCUT2D eigenvalue weighted by molar-refractivity contribution is -0.116. The largest absolute Gasteiger partial charge is 0.366 e. The fraction of sp³-hybridized carbons (Fsp3) is 0.182. The van der Waals surface area contributed by atoms with E-state index >= 15 is 0 Å². The van der Waals surface area contributed by atoms with E-state index in [-0.39, 0.29) is 24.8 Å². The Hall–Kier alpha value is -3.52. The third-order valence-electron chi connectivity index (χ3n) is 4.47. The molecular formula is C22H22N4O3S. The quantitative estimate of drug-likeness (QED) is 0.580. The van der Waals surface area contributed by atoms with E-state index in [9.17, 15) is 14.4 Å². The van der Waals surface area contributed by atoms with Crippen LogP contribution in [0.4, 0.5) is 5.69 Å². The van der Waals surface area contributed by atoms with Gasteiger partial charge in [-0.25, -0.2) is 4.98 Å². The van der Waals surface area contributed by atoms with E-state index in [4.69, 9.17) is 5.73 Å². The molecule has 3 amide bonds. The summed E-state index contributed by atoms with van der Waals surface area (Å²) in [6.45, 7) is 2.61. The van der Waals surface area contributed by atoms with Crippen molar-refractivity contribution in [2.75, 3.05) is 18.4 Å². The first kappa shape index (κ1) is 21.2. The number of hydrogen-bond acceptors (Lipinski definition) is 5. The highest BCUT2D eigenvalue weighted by Crippen LogP contribution is 2.24. The average Bonchev–Trinajstić information content (AvgIpc) is 3.25. The first-order valence-corrected chi connectivity index (χ1v) is 10.4. The lowest BCUT2D eigenvalue weighted by Gasteiger charge is -2.19. The van der Waals surface area contributed by atoms with Gasteiger partial charge in [0.2, 0.25) is 11.8 Å². The zero-order valence-corrected chi connectivity index (χ0v) is 17.3. The predicted octanol–water partition coefficient (Wildman–Crippen LogP) is 3.40. The van der Waals surface area contributed by atoms with Crippen molar-refractivity contribution in [1.82, 2.24) is 9.88 Å². The molecule has 0 bridgehead atoms. The van der Waals surface area contributed by atoms with Gasteiger partial charge >= 0.3 is 0 Å². The van der Waals surface area contributed by atoms with Crippen LogP contribution in [-0.2, 0) is 4.79 Å². The molecule has 3 rings (SSSR count). The van der Waals surface area contributed by atoms with E-state index in [0.29, 0.717) is 23.5 Å². The molecule has 0 aliphatic rings. The molecule has 30 heavy (non-hydrogen) atoms. The standard InChI is InChI=1S/C22H22N4O3S/c1-2-26(13-12-19(27)24-17-10-8-15(9-11-17)20(23)28)22(29)18-14-30-21(25-18)16-6-4-3-5-7-16/h3-11,14H,2,12-13H2,1H3,(H2,23,28)(H,24,27). The molecule has 8 heteroatoms. The van der Waals surface area contributed by atoms with Crippen LogP contribution < -0.4 is 11.1 Å². The van der Waals surface area contributed by atoms with Crippen LogP contribution in [-0.4, -0.2) is 40.7 Å². The second-order valence-electron chi connectivity index (χ2n) is 6.53. The molecule has 0 saturated heterocycles. The second-order valence-corrected chi connectivity index (χ2v) is 7.39. The van der Waals surface area contributed by atoms with Crippen molar-refractivity contribution >= 4 is 34.7 Å². The molecule has 3 N–H and O–H groups in total. The van der Waals surface area contributed by atoms with E-state index in [1.807, 2.05) is 37.3 Å². The molecule has 0 aliphatic heterocycles. The Labute approximate surface area is 178 Å². The smallest absolute Gasteiger partial charge is 0.273 e. The second kappa shape index (κ2) is 9.80. The minimum Gasteiger partial charge on any atom is -0.366 e. The highest BCUT2D eigenvalue weighted by atomic mass is 32.1. The maximum Gasteiger partial charge on any atom is 0.273 e. The van der Waals surface area contributed by atoms with Crippen molar-refractivity contribution in [2.45, 2.75) is 13.3 Å². The first-order chi connectivity index (χ1) is 14.5. The normalized spacial score (nSPS) is 10.4. The van der Waals surface area contributed by atoms with Crippen molar-refractivity contribution in [3.8, 4) is 10.6 Å². The minimum atomic E-state index is -0.526. The number of benzene rings is 2. The lowest BCUT2D eigenvalue weighted by Crippen LogP contribution is -2.33. The summed E-state index contributed by atoms with van der Waals surface area (Å²) >= 11 is 1.42. The summed E-state index contributed by atoms with van der Waals surface area (Å²) in [7, 11) is 0. The van der Waals surface area contributed by atoms with E-state index in [0.717, 1.165) is 10.6 Å². The number of carbonyl (C=O) groups excluding carboxylic acids is 3. The van der Waals surface area contributed by atoms with Gasteiger partial charge in [0.05, 0.1) is 0 Å². The molecule has 154 valence electrons. The van der Waals surface area contributed by atoms with Gasteiger partial charge < -0.3 is 16.0 Å². The Morgan fingerprint density at radius 3 is 2.40 bits per heavy atom. The molecule has 3 aromatic rings. The maximum atomic E-state index is 12.8. The number of hydrogen-bond donors (Lipinski definition) is 2. The fourth-order valence-corrected chi connectivity index (χ4v) is 3.63. The summed E-state index contributed by atoms with van der Waals surface area (Å²) < 4.78 is 0. The average molecular weight is 423 g/mol. The number of anilines is 1. The highest BCUT2D eigenvalue weighted by molar-refractivity contribution is 7.13. The number of nitrogens with two attached hydrogens (primary N) is 1. The minimum absolute atomic E-state index is 0.146. The van der Waals surface area contributed by atoms with Gasteiger partial charge in [0.1, 0.15) is 10.7 Å². The molecule has 0 atom stereocenters. The summed E-state index contributed by atoms with van der Waals surface area (Å²) in [6, 6.07) is 16.0. The summed E-state index contributed by atoms with van der Waals surface area (Å²) in [5.74, 6) is -0.951. The van der Waals surface area contributed by atoms with Gasteiger partial charge in [0.25, 0.3) is 5.91 Å². The van der Waals surface area contributed by atoms with Gasteiger partial charge in [-0.15, -0.1) is 11.3 Å². The number of carbonyl (C=O) groups is 3. The summed E-state index contributed by atoms with van der Waals surface area (Å²) in [5.41, 5.74) is 7.48. The van der Waals surface area contributed by atoms with Gasteiger partial charge in [0.15, 0.2) is 0 Å². The molecule has 7 nitrogen and oxygen atoms in total. The van der Waals surface area contributed by atoms with E-state index in [2.05, 4.69) is 10.3 Å². The van der Waals surface area contributed by atoms with Crippen molar-refractivity contribution in [1.29, 1.82) is 0 Å². The number of aromatic nitrogens is 1. The molecule has 0 radical (unpaired) electrons. The summed E-state index contributed by atoms with van der Waals surface area (Å²) in [5, 5.41) is 5.28. The fourth-order valence-electron chi connectivity index (χ4n) is 2.83. The van der Waals surface area contributed by atoms with Gasteiger partial charge in [0, 0.05) is 41.7 Å². The highest BCUT2D eigenvalue weighted by Gasteiger charge is 2.19. The van der Waals surface area contributed by atoms with Gasteiger partial charge in [-0.1, -0.05) is 30.3 Å². The van der Waals surface area contributed by atoms with Crippen LogP contribution in [0.25, 0.3) is 10.6 Å². The number of amides is 3. The molecule has 0 aliphatic carbocycles. The monoisotopic (exact) mass is 422 g/mol. The summed E-state index contributed by atoms with van der Waals surface area (Å²) in [6.07, 6.45) is 0.146.